The lowest BCUT2D eigenvalue weighted by atomic mass is 9.96. The van der Waals surface area contributed by atoms with Crippen LogP contribution in [0.15, 0.2) is 41.6 Å². The molecule has 1 N–H and O–H groups in total. The number of amides is 1. The largest absolute Gasteiger partial charge is 0.349 e. The van der Waals surface area contributed by atoms with Crippen molar-refractivity contribution in [1.29, 1.82) is 0 Å². The maximum absolute atomic E-state index is 12.5. The highest BCUT2D eigenvalue weighted by molar-refractivity contribution is 7.99. The molecule has 152 valence electrons. The minimum atomic E-state index is -0.0376. The van der Waals surface area contributed by atoms with Crippen LogP contribution in [0.4, 0.5) is 0 Å². The predicted octanol–water partition coefficient (Wildman–Crippen LogP) is 4.69. The summed E-state index contributed by atoms with van der Waals surface area (Å²) in [5.41, 5.74) is 7.07. The van der Waals surface area contributed by atoms with Crippen molar-refractivity contribution in [3.05, 3.63) is 64.2 Å². The fourth-order valence-corrected chi connectivity index (χ4v) is 4.16. The molecule has 0 aliphatic carbocycles. The number of benzene rings is 2. The quantitative estimate of drug-likeness (QED) is 0.602. The summed E-state index contributed by atoms with van der Waals surface area (Å²) in [5, 5.41) is 12.4. The SMILES string of the molecule is Cc1cc(C)c([C@@H](C)NC(=O)CSc2nnc(-c3ccccc3C)n2C)cc1C. The van der Waals surface area contributed by atoms with Crippen LogP contribution in [0.25, 0.3) is 11.4 Å². The van der Waals surface area contributed by atoms with E-state index in [1.54, 1.807) is 0 Å². The molecule has 0 spiro atoms. The Morgan fingerprint density at radius 3 is 2.45 bits per heavy atom. The number of carbonyl (C=O) groups excluding carboxylic acids is 1. The molecule has 29 heavy (non-hydrogen) atoms. The van der Waals surface area contributed by atoms with Crippen LogP contribution in [0.1, 0.15) is 40.8 Å². The van der Waals surface area contributed by atoms with E-state index in [9.17, 15) is 4.79 Å². The van der Waals surface area contributed by atoms with Crippen molar-refractivity contribution >= 4 is 17.7 Å². The van der Waals surface area contributed by atoms with Gasteiger partial charge in [-0.3, -0.25) is 4.79 Å². The Morgan fingerprint density at radius 2 is 1.72 bits per heavy atom. The number of rotatable bonds is 6. The average molecular weight is 409 g/mol. The van der Waals surface area contributed by atoms with E-state index >= 15 is 0 Å². The third-order valence-electron chi connectivity index (χ3n) is 5.28. The van der Waals surface area contributed by atoms with Crippen molar-refractivity contribution in [2.45, 2.75) is 45.8 Å². The van der Waals surface area contributed by atoms with E-state index in [0.717, 1.165) is 27.7 Å². The number of thioether (sulfide) groups is 1. The zero-order valence-corrected chi connectivity index (χ0v) is 18.7. The first kappa shape index (κ1) is 21.1. The molecule has 2 aromatic carbocycles. The van der Waals surface area contributed by atoms with Gasteiger partial charge >= 0.3 is 0 Å². The fraction of sp³-hybridized carbons (Fsp3) is 0.348. The Morgan fingerprint density at radius 1 is 1.03 bits per heavy atom. The smallest absolute Gasteiger partial charge is 0.230 e. The first-order valence-corrected chi connectivity index (χ1v) is 10.7. The van der Waals surface area contributed by atoms with Gasteiger partial charge in [-0.05, 0) is 62.4 Å². The minimum Gasteiger partial charge on any atom is -0.349 e. The number of hydrogen-bond acceptors (Lipinski definition) is 4. The Labute approximate surface area is 176 Å². The molecule has 3 rings (SSSR count). The van der Waals surface area contributed by atoms with Gasteiger partial charge in [-0.2, -0.15) is 0 Å². The standard InChI is InChI=1S/C23H28N4OS/c1-14-9-7-8-10-19(14)22-25-26-23(27(22)6)29-13-21(28)24-18(5)20-12-16(3)15(2)11-17(20)4/h7-12,18H,13H2,1-6H3,(H,24,28)/t18-/m1/s1. The Kier molecular flexibility index (Phi) is 6.42. The summed E-state index contributed by atoms with van der Waals surface area (Å²) in [4.78, 5) is 12.5. The average Bonchev–Trinajstić information content (AvgIpc) is 3.03. The monoisotopic (exact) mass is 408 g/mol. The van der Waals surface area contributed by atoms with E-state index in [2.05, 4.69) is 61.4 Å². The van der Waals surface area contributed by atoms with Gasteiger partial charge in [-0.25, -0.2) is 0 Å². The first-order valence-electron chi connectivity index (χ1n) is 9.73. The zero-order valence-electron chi connectivity index (χ0n) is 17.9. The molecule has 1 amide bonds. The van der Waals surface area contributed by atoms with Crippen LogP contribution in [0, 0.1) is 27.7 Å². The third-order valence-corrected chi connectivity index (χ3v) is 6.30. The number of aromatic nitrogens is 3. The van der Waals surface area contributed by atoms with Crippen LogP contribution in [-0.2, 0) is 11.8 Å². The second kappa shape index (κ2) is 8.82. The summed E-state index contributed by atoms with van der Waals surface area (Å²) < 4.78 is 1.94. The van der Waals surface area contributed by atoms with Crippen molar-refractivity contribution in [2.75, 3.05) is 5.75 Å². The lowest BCUT2D eigenvalue weighted by molar-refractivity contribution is -0.119. The summed E-state index contributed by atoms with van der Waals surface area (Å²) in [7, 11) is 1.93. The van der Waals surface area contributed by atoms with Crippen molar-refractivity contribution in [3.63, 3.8) is 0 Å². The zero-order chi connectivity index (χ0) is 21.1. The molecule has 3 aromatic rings. The molecule has 0 aliphatic heterocycles. The Bertz CT molecular complexity index is 1040. The highest BCUT2D eigenvalue weighted by Crippen LogP contribution is 2.25. The predicted molar refractivity (Wildman–Crippen MR) is 119 cm³/mol. The van der Waals surface area contributed by atoms with Gasteiger partial charge in [0.2, 0.25) is 5.91 Å². The summed E-state index contributed by atoms with van der Waals surface area (Å²) in [6.45, 7) is 10.4. The van der Waals surface area contributed by atoms with Crippen LogP contribution in [0.3, 0.4) is 0 Å². The molecule has 0 aliphatic rings. The summed E-state index contributed by atoms with van der Waals surface area (Å²) in [6.07, 6.45) is 0. The molecule has 5 nitrogen and oxygen atoms in total. The van der Waals surface area contributed by atoms with E-state index in [-0.39, 0.29) is 11.9 Å². The lowest BCUT2D eigenvalue weighted by Gasteiger charge is -2.18. The van der Waals surface area contributed by atoms with E-state index < -0.39 is 0 Å². The molecule has 0 bridgehead atoms. The van der Waals surface area contributed by atoms with E-state index in [0.29, 0.717) is 5.75 Å². The third kappa shape index (κ3) is 4.70. The molecule has 6 heteroatoms. The van der Waals surface area contributed by atoms with Crippen LogP contribution in [-0.4, -0.2) is 26.4 Å². The Hall–Kier alpha value is -2.60. The molecule has 0 radical (unpaired) electrons. The second-order valence-corrected chi connectivity index (χ2v) is 8.49. The normalized spacial score (nSPS) is 12.1. The topological polar surface area (TPSA) is 59.8 Å². The van der Waals surface area contributed by atoms with Crippen molar-refractivity contribution < 1.29 is 4.79 Å². The lowest BCUT2D eigenvalue weighted by Crippen LogP contribution is -2.28. The maximum Gasteiger partial charge on any atom is 0.230 e. The van der Waals surface area contributed by atoms with Gasteiger partial charge in [0.05, 0.1) is 11.8 Å². The number of hydrogen-bond donors (Lipinski definition) is 1. The van der Waals surface area contributed by atoms with Crippen LogP contribution in [0.2, 0.25) is 0 Å². The molecule has 1 heterocycles. The van der Waals surface area contributed by atoms with Crippen molar-refractivity contribution in [2.24, 2.45) is 7.05 Å². The van der Waals surface area contributed by atoms with Gasteiger partial charge < -0.3 is 9.88 Å². The second-order valence-electron chi connectivity index (χ2n) is 7.55. The molecular formula is C23H28N4OS. The number of aryl methyl sites for hydroxylation is 4. The van der Waals surface area contributed by atoms with Gasteiger partial charge in [0.25, 0.3) is 0 Å². The van der Waals surface area contributed by atoms with E-state index in [1.807, 2.05) is 36.7 Å². The highest BCUT2D eigenvalue weighted by atomic mass is 32.2. The van der Waals surface area contributed by atoms with Crippen molar-refractivity contribution in [1.82, 2.24) is 20.1 Å². The molecule has 0 unspecified atom stereocenters. The van der Waals surface area contributed by atoms with Crippen LogP contribution in [0.5, 0.6) is 0 Å². The fourth-order valence-electron chi connectivity index (χ4n) is 3.44. The van der Waals surface area contributed by atoms with Gasteiger partial charge in [0.15, 0.2) is 11.0 Å². The van der Waals surface area contributed by atoms with Gasteiger partial charge in [-0.15, -0.1) is 10.2 Å². The Balaban J connectivity index is 1.64. The number of nitrogens with one attached hydrogen (secondary N) is 1. The van der Waals surface area contributed by atoms with Gasteiger partial charge in [0.1, 0.15) is 0 Å². The van der Waals surface area contributed by atoms with E-state index in [1.165, 1.54) is 28.5 Å². The maximum atomic E-state index is 12.5. The van der Waals surface area contributed by atoms with Gasteiger partial charge in [-0.1, -0.05) is 48.2 Å². The summed E-state index contributed by atoms with van der Waals surface area (Å²) in [5.74, 6) is 1.10. The molecule has 1 aromatic heterocycles. The minimum absolute atomic E-state index is 0.0134. The molecule has 0 saturated carbocycles. The molecule has 0 fully saturated rings. The van der Waals surface area contributed by atoms with E-state index in [4.69, 9.17) is 0 Å². The van der Waals surface area contributed by atoms with Crippen LogP contribution >= 0.6 is 11.8 Å². The number of nitrogens with zero attached hydrogens (tertiary/aromatic N) is 3. The van der Waals surface area contributed by atoms with Gasteiger partial charge in [0, 0.05) is 12.6 Å². The molecule has 1 atom stereocenters. The van der Waals surface area contributed by atoms with Crippen LogP contribution < -0.4 is 5.32 Å². The first-order chi connectivity index (χ1) is 13.8. The summed E-state index contributed by atoms with van der Waals surface area (Å²) >= 11 is 1.40. The molecule has 0 saturated heterocycles. The highest BCUT2D eigenvalue weighted by Gasteiger charge is 2.16. The summed E-state index contributed by atoms with van der Waals surface area (Å²) in [6, 6.07) is 12.4. The molecular weight excluding hydrogens is 380 g/mol. The number of carbonyl (C=O) groups is 1. The van der Waals surface area contributed by atoms with Crippen molar-refractivity contribution in [3.8, 4) is 11.4 Å².